The molecule has 3 aliphatic rings. The highest BCUT2D eigenvalue weighted by Crippen LogP contribution is 2.33. The number of likely N-dealkylation sites (tertiary alicyclic amines) is 2. The molecule has 0 radical (unpaired) electrons. The second kappa shape index (κ2) is 9.10. The molecule has 2 aromatic carbocycles. The van der Waals surface area contributed by atoms with Crippen molar-refractivity contribution in [1.82, 2.24) is 9.80 Å². The summed E-state index contributed by atoms with van der Waals surface area (Å²) in [4.78, 5) is 30.8. The van der Waals surface area contributed by atoms with Crippen LogP contribution in [0.15, 0.2) is 36.4 Å². The molecule has 0 aliphatic carbocycles. The second-order valence-electron chi connectivity index (χ2n) is 9.29. The lowest BCUT2D eigenvalue weighted by molar-refractivity contribution is -0.146. The fraction of sp³-hybridized carbons (Fsp3) is 0.538. The van der Waals surface area contributed by atoms with E-state index in [2.05, 4.69) is 4.90 Å². The van der Waals surface area contributed by atoms with Crippen LogP contribution in [0.25, 0.3) is 10.8 Å². The van der Waals surface area contributed by atoms with Crippen molar-refractivity contribution in [2.75, 3.05) is 40.0 Å². The third-order valence-electron chi connectivity index (χ3n) is 7.56. The molecule has 0 N–H and O–H groups in total. The third-order valence-corrected chi connectivity index (χ3v) is 7.56. The van der Waals surface area contributed by atoms with Crippen LogP contribution in [0.1, 0.15) is 42.5 Å². The van der Waals surface area contributed by atoms with Crippen molar-refractivity contribution in [3.05, 3.63) is 42.0 Å². The molecule has 0 aromatic heterocycles. The van der Waals surface area contributed by atoms with Gasteiger partial charge in [0.1, 0.15) is 5.75 Å². The van der Waals surface area contributed by atoms with E-state index in [1.54, 1.807) is 7.11 Å². The minimum Gasteiger partial charge on any atom is -0.496 e. The Kier molecular flexibility index (Phi) is 6.05. The van der Waals surface area contributed by atoms with E-state index in [0.29, 0.717) is 36.5 Å². The molecule has 3 saturated heterocycles. The van der Waals surface area contributed by atoms with Crippen LogP contribution < -0.4 is 4.74 Å². The Hall–Kier alpha value is -2.60. The molecule has 0 spiro atoms. The Labute approximate surface area is 189 Å². The number of methoxy groups -OCH3 is 1. The molecule has 2 aromatic rings. The van der Waals surface area contributed by atoms with Gasteiger partial charge in [0.25, 0.3) is 5.91 Å². The molecule has 0 saturated carbocycles. The van der Waals surface area contributed by atoms with Gasteiger partial charge in [-0.3, -0.25) is 9.59 Å². The summed E-state index contributed by atoms with van der Waals surface area (Å²) in [5, 5.41) is 1.86. The van der Waals surface area contributed by atoms with Gasteiger partial charge in [-0.2, -0.15) is 0 Å². The van der Waals surface area contributed by atoms with Crippen LogP contribution >= 0.6 is 0 Å². The van der Waals surface area contributed by atoms with Crippen LogP contribution in [0, 0.1) is 11.8 Å². The molecule has 3 heterocycles. The molecule has 32 heavy (non-hydrogen) atoms. The number of nitrogens with zero attached hydrogens (tertiary/aromatic N) is 2. The fourth-order valence-corrected chi connectivity index (χ4v) is 5.81. The first-order valence-electron chi connectivity index (χ1n) is 11.9. The number of ether oxygens (including phenoxy) is 2. The molecule has 3 fully saturated rings. The fourth-order valence-electron chi connectivity index (χ4n) is 5.81. The Balaban J connectivity index is 1.26. The zero-order valence-electron chi connectivity index (χ0n) is 18.8. The van der Waals surface area contributed by atoms with Crippen molar-refractivity contribution in [3.63, 3.8) is 0 Å². The van der Waals surface area contributed by atoms with Gasteiger partial charge in [-0.15, -0.1) is 0 Å². The Bertz CT molecular complexity index is 996. The second-order valence-corrected chi connectivity index (χ2v) is 9.29. The molecule has 2 atom stereocenters. The van der Waals surface area contributed by atoms with Gasteiger partial charge in [0.2, 0.25) is 5.91 Å². The highest BCUT2D eigenvalue weighted by atomic mass is 16.5. The minimum absolute atomic E-state index is 0.0215. The number of benzene rings is 2. The van der Waals surface area contributed by atoms with Gasteiger partial charge >= 0.3 is 0 Å². The summed E-state index contributed by atoms with van der Waals surface area (Å²) in [5.74, 6) is 1.62. The molecule has 2 amide bonds. The van der Waals surface area contributed by atoms with E-state index >= 15 is 0 Å². The molecule has 6 nitrogen and oxygen atoms in total. The lowest BCUT2D eigenvalue weighted by Crippen LogP contribution is -2.54. The van der Waals surface area contributed by atoms with Crippen molar-refractivity contribution in [1.29, 1.82) is 0 Å². The summed E-state index contributed by atoms with van der Waals surface area (Å²) >= 11 is 0. The first-order valence-corrected chi connectivity index (χ1v) is 11.9. The summed E-state index contributed by atoms with van der Waals surface area (Å²) in [6.45, 7) is 3.67. The number of piperidine rings is 2. The first kappa shape index (κ1) is 21.3. The van der Waals surface area contributed by atoms with Crippen LogP contribution in [0.2, 0.25) is 0 Å². The number of fused-ring (bicyclic) bond motifs is 2. The predicted molar refractivity (Wildman–Crippen MR) is 123 cm³/mol. The van der Waals surface area contributed by atoms with Gasteiger partial charge in [-0.1, -0.05) is 24.3 Å². The molecular formula is C26H32N2O4. The molecular weight excluding hydrogens is 404 g/mol. The quantitative estimate of drug-likeness (QED) is 0.736. The zero-order valence-corrected chi connectivity index (χ0v) is 18.8. The maximum absolute atomic E-state index is 13.4. The summed E-state index contributed by atoms with van der Waals surface area (Å²) in [7, 11) is 1.65. The van der Waals surface area contributed by atoms with Gasteiger partial charge in [0, 0.05) is 55.1 Å². The number of hydrogen-bond acceptors (Lipinski definition) is 4. The van der Waals surface area contributed by atoms with Crippen LogP contribution in [0.4, 0.5) is 0 Å². The van der Waals surface area contributed by atoms with Crippen LogP contribution in [-0.2, 0) is 9.53 Å². The van der Waals surface area contributed by atoms with E-state index in [9.17, 15) is 9.59 Å². The molecule has 170 valence electrons. The van der Waals surface area contributed by atoms with E-state index in [4.69, 9.17) is 9.47 Å². The number of hydrogen-bond donors (Lipinski definition) is 0. The average molecular weight is 437 g/mol. The van der Waals surface area contributed by atoms with E-state index < -0.39 is 0 Å². The standard InChI is InChI=1S/C26H32N2O4/c1-31-24-9-8-22(20-6-2-3-7-21(20)24)26(30)27-14-10-18(11-15-27)25(29)28-13-4-5-19-17-32-16-12-23(19)28/h2-3,6-9,18-19,23H,4-5,10-17H2,1H3/t19-,23-/m1/s1. The van der Waals surface area contributed by atoms with Crippen LogP contribution in [0.5, 0.6) is 5.75 Å². The van der Waals surface area contributed by atoms with Crippen molar-refractivity contribution >= 4 is 22.6 Å². The predicted octanol–water partition coefficient (Wildman–Crippen LogP) is 3.73. The normalized spacial score (nSPS) is 24.3. The highest BCUT2D eigenvalue weighted by Gasteiger charge is 2.39. The summed E-state index contributed by atoms with van der Waals surface area (Å²) in [6.07, 6.45) is 4.67. The number of amides is 2. The average Bonchev–Trinajstić information content (AvgIpc) is 2.87. The van der Waals surface area contributed by atoms with Gasteiger partial charge < -0.3 is 19.3 Å². The molecule has 5 rings (SSSR count). The smallest absolute Gasteiger partial charge is 0.254 e. The Morgan fingerprint density at radius 3 is 2.53 bits per heavy atom. The number of carbonyl (C=O) groups is 2. The number of rotatable bonds is 3. The monoisotopic (exact) mass is 436 g/mol. The molecule has 6 heteroatoms. The van der Waals surface area contributed by atoms with Gasteiger partial charge in [-0.25, -0.2) is 0 Å². The van der Waals surface area contributed by atoms with Crippen LogP contribution in [-0.4, -0.2) is 67.6 Å². The highest BCUT2D eigenvalue weighted by molar-refractivity contribution is 6.08. The lowest BCUT2D eigenvalue weighted by Gasteiger charge is -2.45. The maximum atomic E-state index is 13.4. The van der Waals surface area contributed by atoms with Gasteiger partial charge in [0.05, 0.1) is 13.7 Å². The summed E-state index contributed by atoms with van der Waals surface area (Å²) < 4.78 is 11.1. The first-order chi connectivity index (χ1) is 15.7. The van der Waals surface area contributed by atoms with Crippen molar-refractivity contribution in [2.45, 2.75) is 38.1 Å². The maximum Gasteiger partial charge on any atom is 0.254 e. The van der Waals surface area contributed by atoms with E-state index in [1.165, 1.54) is 0 Å². The SMILES string of the molecule is COc1ccc(C(=O)N2CCC(C(=O)N3CCC[C@@H]4COCC[C@H]43)CC2)c2ccccc12. The molecule has 0 unspecified atom stereocenters. The zero-order chi connectivity index (χ0) is 22.1. The van der Waals surface area contributed by atoms with Crippen molar-refractivity contribution in [2.24, 2.45) is 11.8 Å². The van der Waals surface area contributed by atoms with Gasteiger partial charge in [-0.05, 0) is 49.6 Å². The number of carbonyl (C=O) groups excluding carboxylic acids is 2. The lowest BCUT2D eigenvalue weighted by atomic mass is 9.84. The molecule has 3 aliphatic heterocycles. The van der Waals surface area contributed by atoms with Crippen LogP contribution in [0.3, 0.4) is 0 Å². The summed E-state index contributed by atoms with van der Waals surface area (Å²) in [6, 6.07) is 11.9. The minimum atomic E-state index is 0.0215. The van der Waals surface area contributed by atoms with Gasteiger partial charge in [0.15, 0.2) is 0 Å². The third kappa shape index (κ3) is 3.85. The van der Waals surface area contributed by atoms with Crippen molar-refractivity contribution in [3.8, 4) is 5.75 Å². The van der Waals surface area contributed by atoms with E-state index in [0.717, 1.165) is 68.4 Å². The largest absolute Gasteiger partial charge is 0.496 e. The van der Waals surface area contributed by atoms with E-state index in [-0.39, 0.29) is 11.8 Å². The topological polar surface area (TPSA) is 59.1 Å². The molecule has 0 bridgehead atoms. The Morgan fingerprint density at radius 2 is 1.75 bits per heavy atom. The van der Waals surface area contributed by atoms with E-state index in [1.807, 2.05) is 41.3 Å². The van der Waals surface area contributed by atoms with Crippen molar-refractivity contribution < 1.29 is 19.1 Å². The summed E-state index contributed by atoms with van der Waals surface area (Å²) in [5.41, 5.74) is 0.701. The Morgan fingerprint density at radius 1 is 0.969 bits per heavy atom.